The molecule has 0 aliphatic rings. The summed E-state index contributed by atoms with van der Waals surface area (Å²) in [6, 6.07) is 74.7. The quantitative estimate of drug-likeness (QED) is 0.140. The van der Waals surface area contributed by atoms with Crippen molar-refractivity contribution in [1.82, 2.24) is 9.13 Å². The van der Waals surface area contributed by atoms with Gasteiger partial charge in [0.25, 0.3) is 0 Å². The molecule has 0 radical (unpaired) electrons. The van der Waals surface area contributed by atoms with Crippen molar-refractivity contribution in [2.75, 3.05) is 0 Å². The van der Waals surface area contributed by atoms with Crippen molar-refractivity contribution in [2.45, 2.75) is 12.4 Å². The molecule has 0 aliphatic carbocycles. The van der Waals surface area contributed by atoms with Crippen molar-refractivity contribution < 1.29 is 26.3 Å². The van der Waals surface area contributed by atoms with E-state index < -0.39 is 29.0 Å². The summed E-state index contributed by atoms with van der Waals surface area (Å²) in [7, 11) is 0. The molecule has 0 spiro atoms. The van der Waals surface area contributed by atoms with Crippen molar-refractivity contribution >= 4 is 43.6 Å². The molecule has 0 atom stereocenters. The number of rotatable bonds is 8. The minimum absolute atomic E-state index is 0.0391. The zero-order chi connectivity index (χ0) is 59.6. The van der Waals surface area contributed by atoms with Crippen LogP contribution in [0.25, 0.3) is 122 Å². The minimum atomic E-state index is -5.21. The lowest BCUT2D eigenvalue weighted by Gasteiger charge is -2.21. The highest BCUT2D eigenvalue weighted by molar-refractivity contribution is 6.14. The predicted molar refractivity (Wildman–Crippen MR) is 321 cm³/mol. The maximum atomic E-state index is 15.3. The van der Waals surface area contributed by atoms with Gasteiger partial charge in [-0.2, -0.15) is 52.7 Å². The number of hydrogen-bond acceptors (Lipinski definition) is 5. The third kappa shape index (κ3) is 9.37. The standard InChI is InChI=1S/C73H37F6N7/c74-72(75,76)57-19-22-58(65(37-57)73(77,78)79)56-14-21-60(71(36-56)86-68-25-17-54(50-11-3-7-45(29-50)40-82)34-63(68)64-35-55(18-26-69(64)86)51-12-4-8-46(30-51)41-83)59-20-13-47(42-84)31-70(59)85-66-23-15-52(48-9-1-5-43(27-48)38-80)32-61(66)62-33-53(16-24-67(62)85)49-10-2-6-44(28-49)39-81/h1-37H. The van der Waals surface area contributed by atoms with E-state index in [2.05, 4.69) is 30.3 Å². The Bertz CT molecular complexity index is 5010. The summed E-state index contributed by atoms with van der Waals surface area (Å²) in [5.41, 5.74) is 9.24. The number of benzene rings is 11. The third-order valence-electron chi connectivity index (χ3n) is 15.7. The van der Waals surface area contributed by atoms with Gasteiger partial charge in [-0.3, -0.25) is 0 Å². The zero-order valence-electron chi connectivity index (χ0n) is 44.8. The second kappa shape index (κ2) is 20.8. The molecule has 7 nitrogen and oxygen atoms in total. The average molecular weight is 1130 g/mol. The van der Waals surface area contributed by atoms with E-state index in [1.165, 1.54) is 6.07 Å². The van der Waals surface area contributed by atoms with Crippen molar-refractivity contribution in [3.63, 3.8) is 0 Å². The van der Waals surface area contributed by atoms with E-state index in [9.17, 15) is 39.5 Å². The van der Waals surface area contributed by atoms with Crippen molar-refractivity contribution in [3.8, 4) is 108 Å². The van der Waals surface area contributed by atoms with Crippen LogP contribution in [0.2, 0.25) is 0 Å². The van der Waals surface area contributed by atoms with Crippen LogP contribution in [0.4, 0.5) is 26.3 Å². The Labute approximate surface area is 487 Å². The summed E-state index contributed by atoms with van der Waals surface area (Å²) >= 11 is 0. The molecule has 0 saturated carbocycles. The predicted octanol–water partition coefficient (Wildman–Crippen LogP) is 19.3. The van der Waals surface area contributed by atoms with E-state index in [0.717, 1.165) is 61.3 Å². The van der Waals surface area contributed by atoms with Crippen LogP contribution in [0, 0.1) is 56.7 Å². The van der Waals surface area contributed by atoms with E-state index in [1.54, 1.807) is 91.0 Å². The van der Waals surface area contributed by atoms with Gasteiger partial charge in [0.15, 0.2) is 0 Å². The summed E-state index contributed by atoms with van der Waals surface area (Å²) in [5, 5.41) is 53.2. The Morgan fingerprint density at radius 3 is 0.930 bits per heavy atom. The fourth-order valence-electron chi connectivity index (χ4n) is 11.7. The first-order valence-electron chi connectivity index (χ1n) is 26.8. The van der Waals surface area contributed by atoms with Crippen LogP contribution in [-0.2, 0) is 12.4 Å². The molecule has 0 unspecified atom stereocenters. The molecule has 11 aromatic carbocycles. The summed E-state index contributed by atoms with van der Waals surface area (Å²) in [5.74, 6) is 0. The lowest BCUT2D eigenvalue weighted by molar-refractivity contribution is -0.142. The lowest BCUT2D eigenvalue weighted by Crippen LogP contribution is -2.12. The molecule has 0 aliphatic heterocycles. The van der Waals surface area contributed by atoms with Crippen LogP contribution < -0.4 is 0 Å². The van der Waals surface area contributed by atoms with Crippen LogP contribution in [0.3, 0.4) is 0 Å². The molecule has 2 aromatic heterocycles. The first kappa shape index (κ1) is 53.4. The zero-order valence-corrected chi connectivity index (χ0v) is 44.8. The van der Waals surface area contributed by atoms with E-state index in [0.29, 0.717) is 83.7 Å². The fraction of sp³-hybridized carbons (Fsp3) is 0.0274. The van der Waals surface area contributed by atoms with Gasteiger partial charge >= 0.3 is 12.4 Å². The molecule has 0 fully saturated rings. The van der Waals surface area contributed by atoms with E-state index in [4.69, 9.17) is 0 Å². The van der Waals surface area contributed by atoms with Crippen LogP contribution in [-0.4, -0.2) is 9.13 Å². The third-order valence-corrected chi connectivity index (χ3v) is 15.7. The normalized spacial score (nSPS) is 11.5. The molecule has 406 valence electrons. The Hall–Kier alpha value is -12.0. The first-order valence-corrected chi connectivity index (χ1v) is 26.8. The van der Waals surface area contributed by atoms with Crippen LogP contribution >= 0.6 is 0 Å². The van der Waals surface area contributed by atoms with Gasteiger partial charge < -0.3 is 9.13 Å². The van der Waals surface area contributed by atoms with Gasteiger partial charge in [-0.25, -0.2) is 0 Å². The Balaban J connectivity index is 1.13. The highest BCUT2D eigenvalue weighted by Crippen LogP contribution is 2.47. The van der Waals surface area contributed by atoms with Gasteiger partial charge in [-0.1, -0.05) is 97.1 Å². The van der Waals surface area contributed by atoms with E-state index in [-0.39, 0.29) is 17.2 Å². The highest BCUT2D eigenvalue weighted by atomic mass is 19.4. The van der Waals surface area contributed by atoms with Gasteiger partial charge in [-0.15, -0.1) is 0 Å². The van der Waals surface area contributed by atoms with Gasteiger partial charge in [0.2, 0.25) is 0 Å². The Morgan fingerprint density at radius 2 is 0.581 bits per heavy atom. The number of aromatic nitrogens is 2. The molecular formula is C73H37F6N7. The van der Waals surface area contributed by atoms with E-state index >= 15 is 13.2 Å². The fourth-order valence-corrected chi connectivity index (χ4v) is 11.7. The second-order valence-corrected chi connectivity index (χ2v) is 20.7. The monoisotopic (exact) mass is 1130 g/mol. The molecule has 0 bridgehead atoms. The van der Waals surface area contributed by atoms with Crippen LogP contribution in [0.5, 0.6) is 0 Å². The number of alkyl halides is 6. The van der Waals surface area contributed by atoms with Crippen LogP contribution in [0.1, 0.15) is 38.9 Å². The minimum Gasteiger partial charge on any atom is -0.309 e. The van der Waals surface area contributed by atoms with Gasteiger partial charge in [0.05, 0.1) is 103 Å². The van der Waals surface area contributed by atoms with Gasteiger partial charge in [-0.05, 0) is 183 Å². The molecule has 13 heteroatoms. The summed E-state index contributed by atoms with van der Waals surface area (Å²) in [6.07, 6.45) is -10.3. The number of fused-ring (bicyclic) bond motifs is 6. The van der Waals surface area contributed by atoms with Crippen molar-refractivity contribution in [3.05, 3.63) is 263 Å². The maximum absolute atomic E-state index is 15.3. The van der Waals surface area contributed by atoms with Crippen molar-refractivity contribution in [1.29, 1.82) is 26.3 Å². The van der Waals surface area contributed by atoms with Crippen LogP contribution in [0.15, 0.2) is 224 Å². The number of halogens is 6. The molecule has 86 heavy (non-hydrogen) atoms. The van der Waals surface area contributed by atoms with Crippen molar-refractivity contribution in [2.24, 2.45) is 0 Å². The maximum Gasteiger partial charge on any atom is 0.417 e. The SMILES string of the molecule is N#Cc1cccc(-c2ccc3c(c2)c2cc(-c4cccc(C#N)c4)ccc2n3-c2cc(C#N)ccc2-c2ccc(-c3ccc(C(F)(F)F)cc3C(F)(F)F)cc2-n2c3ccc(-c4cccc(C#N)c4)cc3c3cc(-c4cccc(C#N)c4)ccc32)c1. The van der Waals surface area contributed by atoms with Gasteiger partial charge in [0, 0.05) is 32.7 Å². The molecular weight excluding hydrogens is 1090 g/mol. The van der Waals surface area contributed by atoms with Gasteiger partial charge in [0.1, 0.15) is 0 Å². The lowest BCUT2D eigenvalue weighted by atomic mass is 9.92. The first-order chi connectivity index (χ1) is 41.6. The Morgan fingerprint density at radius 1 is 0.267 bits per heavy atom. The molecule has 0 N–H and O–H groups in total. The highest BCUT2D eigenvalue weighted by Gasteiger charge is 2.39. The smallest absolute Gasteiger partial charge is 0.309 e. The topological polar surface area (TPSA) is 129 Å². The van der Waals surface area contributed by atoms with E-state index in [1.807, 2.05) is 118 Å². The second-order valence-electron chi connectivity index (χ2n) is 20.7. The molecule has 2 heterocycles. The molecule has 0 amide bonds. The average Bonchev–Trinajstić information content (AvgIpc) is 2.15. The summed E-state index contributed by atoms with van der Waals surface area (Å²) in [6.45, 7) is 0. The molecule has 0 saturated heterocycles. The molecule has 13 rings (SSSR count). The largest absolute Gasteiger partial charge is 0.417 e. The number of nitrogens with zero attached hydrogens (tertiary/aromatic N) is 7. The molecule has 13 aromatic rings. The summed E-state index contributed by atoms with van der Waals surface area (Å²) < 4.78 is 92.5. The number of hydrogen-bond donors (Lipinski definition) is 0. The summed E-state index contributed by atoms with van der Waals surface area (Å²) in [4.78, 5) is 0. The Kier molecular flexibility index (Phi) is 12.9. The number of nitriles is 5.